The van der Waals surface area contributed by atoms with E-state index in [1.54, 1.807) is 9.80 Å². The van der Waals surface area contributed by atoms with Crippen LogP contribution in [0.15, 0.2) is 42.5 Å². The lowest BCUT2D eigenvalue weighted by Gasteiger charge is -2.33. The van der Waals surface area contributed by atoms with Gasteiger partial charge in [0.1, 0.15) is 11.6 Å². The molecule has 0 aliphatic carbocycles. The van der Waals surface area contributed by atoms with Crippen LogP contribution in [0.5, 0.6) is 0 Å². The SMILES string of the molecule is Cc1ccc(N2CC(C(=O)N3CCC(C(=O)Nc4ccc(F)cc4F)CC3)CC2=O)cc1. The summed E-state index contributed by atoms with van der Waals surface area (Å²) in [5.74, 6) is -2.78. The number of hydrogen-bond acceptors (Lipinski definition) is 3. The normalized spacial score (nSPS) is 19.3. The fourth-order valence-electron chi connectivity index (χ4n) is 4.29. The van der Waals surface area contributed by atoms with Gasteiger partial charge >= 0.3 is 0 Å². The molecular weight excluding hydrogens is 416 g/mol. The summed E-state index contributed by atoms with van der Waals surface area (Å²) < 4.78 is 26.8. The predicted molar refractivity (Wildman–Crippen MR) is 116 cm³/mol. The van der Waals surface area contributed by atoms with Crippen molar-refractivity contribution in [2.24, 2.45) is 11.8 Å². The van der Waals surface area contributed by atoms with Crippen molar-refractivity contribution in [3.05, 3.63) is 59.7 Å². The van der Waals surface area contributed by atoms with E-state index in [0.717, 1.165) is 23.4 Å². The van der Waals surface area contributed by atoms with Crippen LogP contribution in [0.2, 0.25) is 0 Å². The highest BCUT2D eigenvalue weighted by atomic mass is 19.1. The van der Waals surface area contributed by atoms with Crippen LogP contribution in [-0.2, 0) is 14.4 Å². The van der Waals surface area contributed by atoms with Gasteiger partial charge in [-0.05, 0) is 44.0 Å². The molecule has 0 bridgehead atoms. The fraction of sp³-hybridized carbons (Fsp3) is 0.375. The van der Waals surface area contributed by atoms with E-state index in [2.05, 4.69) is 5.32 Å². The molecular formula is C24H25F2N3O3. The third kappa shape index (κ3) is 4.64. The number of aryl methyl sites for hydroxylation is 1. The molecule has 8 heteroatoms. The first-order valence-corrected chi connectivity index (χ1v) is 10.7. The van der Waals surface area contributed by atoms with E-state index in [4.69, 9.17) is 0 Å². The highest BCUT2D eigenvalue weighted by Gasteiger charge is 2.38. The molecule has 2 aliphatic rings. The summed E-state index contributed by atoms with van der Waals surface area (Å²) in [6.45, 7) is 3.13. The first-order valence-electron chi connectivity index (χ1n) is 10.7. The van der Waals surface area contributed by atoms with Crippen molar-refractivity contribution >= 4 is 29.1 Å². The quantitative estimate of drug-likeness (QED) is 0.790. The third-order valence-electron chi connectivity index (χ3n) is 6.19. The van der Waals surface area contributed by atoms with E-state index in [1.807, 2.05) is 31.2 Å². The van der Waals surface area contributed by atoms with Crippen LogP contribution in [0.1, 0.15) is 24.8 Å². The summed E-state index contributed by atoms with van der Waals surface area (Å²) in [5, 5.41) is 2.50. The fourth-order valence-corrected chi connectivity index (χ4v) is 4.29. The zero-order valence-corrected chi connectivity index (χ0v) is 17.8. The van der Waals surface area contributed by atoms with Gasteiger partial charge < -0.3 is 15.1 Å². The van der Waals surface area contributed by atoms with E-state index in [0.29, 0.717) is 32.5 Å². The molecule has 2 aliphatic heterocycles. The van der Waals surface area contributed by atoms with E-state index in [1.165, 1.54) is 6.07 Å². The number of halogens is 2. The van der Waals surface area contributed by atoms with Gasteiger partial charge in [-0.15, -0.1) is 0 Å². The molecule has 2 aromatic carbocycles. The second-order valence-corrected chi connectivity index (χ2v) is 8.45. The molecule has 1 unspecified atom stereocenters. The molecule has 1 atom stereocenters. The molecule has 2 heterocycles. The van der Waals surface area contributed by atoms with Crippen LogP contribution in [0.25, 0.3) is 0 Å². The Morgan fingerprint density at radius 3 is 2.34 bits per heavy atom. The molecule has 0 aromatic heterocycles. The van der Waals surface area contributed by atoms with Crippen molar-refractivity contribution in [2.75, 3.05) is 29.9 Å². The van der Waals surface area contributed by atoms with Crippen LogP contribution < -0.4 is 10.2 Å². The van der Waals surface area contributed by atoms with Crippen molar-refractivity contribution in [1.82, 2.24) is 4.90 Å². The maximum atomic E-state index is 13.8. The molecule has 0 radical (unpaired) electrons. The van der Waals surface area contributed by atoms with Crippen LogP contribution >= 0.6 is 0 Å². The van der Waals surface area contributed by atoms with Crippen molar-refractivity contribution in [3.8, 4) is 0 Å². The van der Waals surface area contributed by atoms with Crippen molar-refractivity contribution in [2.45, 2.75) is 26.2 Å². The highest BCUT2D eigenvalue weighted by Crippen LogP contribution is 2.28. The molecule has 2 aromatic rings. The summed E-state index contributed by atoms with van der Waals surface area (Å²) in [6, 6.07) is 10.6. The van der Waals surface area contributed by atoms with Gasteiger partial charge in [-0.3, -0.25) is 14.4 Å². The van der Waals surface area contributed by atoms with Gasteiger partial charge in [-0.2, -0.15) is 0 Å². The lowest BCUT2D eigenvalue weighted by Crippen LogP contribution is -2.44. The van der Waals surface area contributed by atoms with Gasteiger partial charge in [0.05, 0.1) is 11.6 Å². The van der Waals surface area contributed by atoms with Crippen molar-refractivity contribution < 1.29 is 23.2 Å². The van der Waals surface area contributed by atoms with Crippen LogP contribution in [-0.4, -0.2) is 42.3 Å². The minimum absolute atomic E-state index is 0.0597. The Hall–Kier alpha value is -3.29. The number of carbonyl (C=O) groups excluding carboxylic acids is 3. The van der Waals surface area contributed by atoms with Gasteiger partial charge in [0.25, 0.3) is 0 Å². The third-order valence-corrected chi connectivity index (χ3v) is 6.19. The Balaban J connectivity index is 1.31. The standard InChI is InChI=1S/C24H25F2N3O3/c1-15-2-5-19(6-3-15)29-14-17(12-22(29)30)24(32)28-10-8-16(9-11-28)23(31)27-21-7-4-18(25)13-20(21)26/h2-7,13,16-17H,8-12,14H2,1H3,(H,27,31). The first kappa shape index (κ1) is 21.9. The molecule has 0 saturated carbocycles. The van der Waals surface area contributed by atoms with Gasteiger partial charge in [0, 0.05) is 43.7 Å². The number of likely N-dealkylation sites (tertiary alicyclic amines) is 1. The number of piperidine rings is 1. The second kappa shape index (κ2) is 9.06. The Kier molecular flexibility index (Phi) is 6.21. The first-order chi connectivity index (χ1) is 15.3. The van der Waals surface area contributed by atoms with E-state index < -0.39 is 17.6 Å². The smallest absolute Gasteiger partial charge is 0.228 e. The number of benzene rings is 2. The zero-order chi connectivity index (χ0) is 22.8. The average molecular weight is 441 g/mol. The minimum Gasteiger partial charge on any atom is -0.342 e. The molecule has 0 spiro atoms. The Bertz CT molecular complexity index is 1030. The number of nitrogens with one attached hydrogen (secondary N) is 1. The van der Waals surface area contributed by atoms with Crippen LogP contribution in [0, 0.1) is 30.4 Å². The van der Waals surface area contributed by atoms with Crippen molar-refractivity contribution in [1.29, 1.82) is 0 Å². The lowest BCUT2D eigenvalue weighted by atomic mass is 9.94. The molecule has 6 nitrogen and oxygen atoms in total. The largest absolute Gasteiger partial charge is 0.342 e. The Labute approximate surface area is 185 Å². The Morgan fingerprint density at radius 1 is 1.00 bits per heavy atom. The monoisotopic (exact) mass is 441 g/mol. The number of hydrogen-bond donors (Lipinski definition) is 1. The van der Waals surface area contributed by atoms with E-state index in [-0.39, 0.29) is 35.7 Å². The number of amides is 3. The molecule has 1 N–H and O–H groups in total. The molecule has 2 saturated heterocycles. The summed E-state index contributed by atoms with van der Waals surface area (Å²) in [7, 11) is 0. The zero-order valence-electron chi connectivity index (χ0n) is 17.8. The van der Waals surface area contributed by atoms with E-state index >= 15 is 0 Å². The van der Waals surface area contributed by atoms with Gasteiger partial charge in [0.15, 0.2) is 0 Å². The highest BCUT2D eigenvalue weighted by molar-refractivity contribution is 6.00. The molecule has 168 valence electrons. The predicted octanol–water partition coefficient (Wildman–Crippen LogP) is 3.50. The van der Waals surface area contributed by atoms with Gasteiger partial charge in [-0.1, -0.05) is 17.7 Å². The van der Waals surface area contributed by atoms with Crippen LogP contribution in [0.3, 0.4) is 0 Å². The summed E-state index contributed by atoms with van der Waals surface area (Å²) in [5.41, 5.74) is 1.83. The van der Waals surface area contributed by atoms with E-state index in [9.17, 15) is 23.2 Å². The Morgan fingerprint density at radius 2 is 1.69 bits per heavy atom. The number of anilines is 2. The topological polar surface area (TPSA) is 69.7 Å². The summed E-state index contributed by atoms with van der Waals surface area (Å²) in [6.07, 6.45) is 1.07. The number of carbonyl (C=O) groups is 3. The lowest BCUT2D eigenvalue weighted by molar-refractivity contribution is -0.138. The number of nitrogens with zero attached hydrogens (tertiary/aromatic N) is 2. The maximum absolute atomic E-state index is 13.8. The number of rotatable bonds is 4. The molecule has 3 amide bonds. The van der Waals surface area contributed by atoms with Gasteiger partial charge in [0.2, 0.25) is 17.7 Å². The summed E-state index contributed by atoms with van der Waals surface area (Å²) in [4.78, 5) is 41.3. The van der Waals surface area contributed by atoms with Gasteiger partial charge in [-0.25, -0.2) is 8.78 Å². The average Bonchev–Trinajstić information content (AvgIpc) is 3.17. The maximum Gasteiger partial charge on any atom is 0.228 e. The minimum atomic E-state index is -0.824. The van der Waals surface area contributed by atoms with Crippen molar-refractivity contribution in [3.63, 3.8) is 0 Å². The molecule has 2 fully saturated rings. The van der Waals surface area contributed by atoms with Crippen LogP contribution in [0.4, 0.5) is 20.2 Å². The molecule has 32 heavy (non-hydrogen) atoms. The molecule has 4 rings (SSSR count). The summed E-state index contributed by atoms with van der Waals surface area (Å²) >= 11 is 0. The second-order valence-electron chi connectivity index (χ2n) is 8.45.